The Kier molecular flexibility index (Phi) is 4.02. The molecule has 3 nitrogen and oxygen atoms in total. The number of Topliss-reactive ketones (excluding diaryl/α,β-unsaturated/α-hetero) is 1. The first-order chi connectivity index (χ1) is 8.61. The van der Waals surface area contributed by atoms with Crippen molar-refractivity contribution in [1.29, 1.82) is 0 Å². The Labute approximate surface area is 108 Å². The Morgan fingerprint density at radius 2 is 2.22 bits per heavy atom. The minimum Gasteiger partial charge on any atom is -0.493 e. The molecule has 2 N–H and O–H groups in total. The summed E-state index contributed by atoms with van der Waals surface area (Å²) < 4.78 is 5.45. The summed E-state index contributed by atoms with van der Waals surface area (Å²) in [6.07, 6.45) is 1.75. The van der Waals surface area contributed by atoms with E-state index in [1.807, 2.05) is 18.2 Å². The number of ketones is 1. The van der Waals surface area contributed by atoms with Gasteiger partial charge in [0.15, 0.2) is 5.78 Å². The summed E-state index contributed by atoms with van der Waals surface area (Å²) in [4.78, 5) is 12.4. The third-order valence-electron chi connectivity index (χ3n) is 3.39. The van der Waals surface area contributed by atoms with Gasteiger partial charge >= 0.3 is 0 Å². The first-order valence-electron chi connectivity index (χ1n) is 6.61. The molecule has 0 fully saturated rings. The Balaban J connectivity index is 2.17. The molecule has 0 saturated carbocycles. The van der Waals surface area contributed by atoms with Crippen LogP contribution in [0.4, 0.5) is 0 Å². The normalized spacial score (nSPS) is 15.3. The number of hydrogen-bond acceptors (Lipinski definition) is 3. The van der Waals surface area contributed by atoms with E-state index >= 15 is 0 Å². The van der Waals surface area contributed by atoms with Gasteiger partial charge in [-0.25, -0.2) is 0 Å². The van der Waals surface area contributed by atoms with Crippen LogP contribution in [-0.4, -0.2) is 18.9 Å². The van der Waals surface area contributed by atoms with Crippen molar-refractivity contribution in [2.45, 2.75) is 26.7 Å². The quantitative estimate of drug-likeness (QED) is 0.813. The molecule has 0 radical (unpaired) electrons. The fourth-order valence-electron chi connectivity index (χ4n) is 2.45. The maximum atomic E-state index is 12.4. The van der Waals surface area contributed by atoms with Crippen LogP contribution in [0.3, 0.4) is 0 Å². The van der Waals surface area contributed by atoms with Gasteiger partial charge in [-0.1, -0.05) is 13.8 Å². The molecule has 0 amide bonds. The predicted octanol–water partition coefficient (Wildman–Crippen LogP) is 2.43. The van der Waals surface area contributed by atoms with Gasteiger partial charge in [0.2, 0.25) is 0 Å². The molecule has 0 spiro atoms. The number of carbonyl (C=O) groups is 1. The monoisotopic (exact) mass is 247 g/mol. The van der Waals surface area contributed by atoms with Crippen LogP contribution in [0, 0.1) is 11.8 Å². The van der Waals surface area contributed by atoms with Crippen molar-refractivity contribution in [2.24, 2.45) is 17.6 Å². The van der Waals surface area contributed by atoms with Gasteiger partial charge in [-0.15, -0.1) is 0 Å². The molecule has 2 rings (SSSR count). The van der Waals surface area contributed by atoms with Crippen molar-refractivity contribution in [3.05, 3.63) is 29.3 Å². The van der Waals surface area contributed by atoms with Crippen LogP contribution in [0.15, 0.2) is 18.2 Å². The molecule has 1 aromatic rings. The lowest BCUT2D eigenvalue weighted by Crippen LogP contribution is -2.25. The molecule has 98 valence electrons. The second-order valence-electron chi connectivity index (χ2n) is 5.35. The predicted molar refractivity (Wildman–Crippen MR) is 72.0 cm³/mol. The van der Waals surface area contributed by atoms with E-state index in [1.165, 1.54) is 0 Å². The number of nitrogens with two attached hydrogens (primary N) is 1. The number of rotatable bonds is 5. The number of carbonyl (C=O) groups excluding carboxylic acids is 1. The van der Waals surface area contributed by atoms with Crippen LogP contribution >= 0.6 is 0 Å². The highest BCUT2D eigenvalue weighted by Gasteiger charge is 2.21. The van der Waals surface area contributed by atoms with Crippen LogP contribution in [-0.2, 0) is 6.42 Å². The summed E-state index contributed by atoms with van der Waals surface area (Å²) in [6, 6.07) is 5.72. The fourth-order valence-corrected chi connectivity index (χ4v) is 2.45. The second kappa shape index (κ2) is 5.53. The highest BCUT2D eigenvalue weighted by molar-refractivity contribution is 5.98. The Morgan fingerprint density at radius 3 is 2.89 bits per heavy atom. The molecule has 1 unspecified atom stereocenters. The molecule has 1 aliphatic heterocycles. The number of hydrogen-bond donors (Lipinski definition) is 1. The minimum atomic E-state index is -0.0645. The smallest absolute Gasteiger partial charge is 0.167 e. The van der Waals surface area contributed by atoms with Gasteiger partial charge in [-0.05, 0) is 36.1 Å². The summed E-state index contributed by atoms with van der Waals surface area (Å²) in [5.74, 6) is 1.51. The van der Waals surface area contributed by atoms with Gasteiger partial charge < -0.3 is 10.5 Å². The second-order valence-corrected chi connectivity index (χ2v) is 5.35. The van der Waals surface area contributed by atoms with E-state index in [0.29, 0.717) is 12.5 Å². The lowest BCUT2D eigenvalue weighted by Gasteiger charge is -2.16. The number of fused-ring (bicyclic) bond motifs is 1. The van der Waals surface area contributed by atoms with Gasteiger partial charge in [0.05, 0.1) is 6.61 Å². The van der Waals surface area contributed by atoms with Gasteiger partial charge in [0.1, 0.15) is 5.75 Å². The summed E-state index contributed by atoms with van der Waals surface area (Å²) in [5.41, 5.74) is 7.64. The van der Waals surface area contributed by atoms with Gasteiger partial charge in [-0.3, -0.25) is 4.79 Å². The summed E-state index contributed by atoms with van der Waals surface area (Å²) >= 11 is 0. The molecule has 3 heteroatoms. The molecule has 0 bridgehead atoms. The van der Waals surface area contributed by atoms with Crippen molar-refractivity contribution in [3.63, 3.8) is 0 Å². The zero-order chi connectivity index (χ0) is 13.1. The molecule has 18 heavy (non-hydrogen) atoms. The van der Waals surface area contributed by atoms with E-state index in [0.717, 1.165) is 36.3 Å². The lowest BCUT2D eigenvalue weighted by atomic mass is 9.89. The van der Waals surface area contributed by atoms with E-state index < -0.39 is 0 Å². The third kappa shape index (κ3) is 2.72. The highest BCUT2D eigenvalue weighted by Crippen LogP contribution is 2.27. The Bertz CT molecular complexity index is 440. The van der Waals surface area contributed by atoms with Crippen LogP contribution in [0.5, 0.6) is 5.75 Å². The largest absolute Gasteiger partial charge is 0.493 e. The number of ether oxygens (including phenoxy) is 1. The standard InChI is InChI=1S/C15H21NO2/c1-10(2)7-13(9-16)15(17)12-3-4-14-11(8-12)5-6-18-14/h3-4,8,10,13H,5-7,9,16H2,1-2H3. The first kappa shape index (κ1) is 13.1. The van der Waals surface area contributed by atoms with Crippen LogP contribution in [0.1, 0.15) is 36.2 Å². The van der Waals surface area contributed by atoms with E-state index in [4.69, 9.17) is 10.5 Å². The topological polar surface area (TPSA) is 52.3 Å². The summed E-state index contributed by atoms with van der Waals surface area (Å²) in [5, 5.41) is 0. The summed E-state index contributed by atoms with van der Waals surface area (Å²) in [7, 11) is 0. The Hall–Kier alpha value is -1.35. The molecule has 0 aromatic heterocycles. The van der Waals surface area contributed by atoms with E-state index in [2.05, 4.69) is 13.8 Å². The molecular weight excluding hydrogens is 226 g/mol. The third-order valence-corrected chi connectivity index (χ3v) is 3.39. The average molecular weight is 247 g/mol. The summed E-state index contributed by atoms with van der Waals surface area (Å²) in [6.45, 7) is 5.38. The van der Waals surface area contributed by atoms with Gasteiger partial charge in [-0.2, -0.15) is 0 Å². The van der Waals surface area contributed by atoms with Crippen molar-refractivity contribution in [1.82, 2.24) is 0 Å². The lowest BCUT2D eigenvalue weighted by molar-refractivity contribution is 0.0908. The van der Waals surface area contributed by atoms with E-state index in [-0.39, 0.29) is 11.7 Å². The highest BCUT2D eigenvalue weighted by atomic mass is 16.5. The molecule has 0 aliphatic carbocycles. The molecular formula is C15H21NO2. The van der Waals surface area contributed by atoms with Crippen LogP contribution in [0.2, 0.25) is 0 Å². The number of benzene rings is 1. The van der Waals surface area contributed by atoms with Gasteiger partial charge in [0, 0.05) is 24.4 Å². The zero-order valence-corrected chi connectivity index (χ0v) is 11.1. The maximum absolute atomic E-state index is 12.4. The molecule has 0 saturated heterocycles. The maximum Gasteiger partial charge on any atom is 0.167 e. The average Bonchev–Trinajstić information content (AvgIpc) is 2.81. The molecule has 1 atom stereocenters. The van der Waals surface area contributed by atoms with Crippen molar-refractivity contribution >= 4 is 5.78 Å². The van der Waals surface area contributed by atoms with Gasteiger partial charge in [0.25, 0.3) is 0 Å². The molecule has 1 aliphatic rings. The van der Waals surface area contributed by atoms with Crippen LogP contribution in [0.25, 0.3) is 0 Å². The first-order valence-corrected chi connectivity index (χ1v) is 6.61. The molecule has 1 heterocycles. The van der Waals surface area contributed by atoms with Crippen molar-refractivity contribution in [2.75, 3.05) is 13.2 Å². The molecule has 1 aromatic carbocycles. The van der Waals surface area contributed by atoms with Crippen molar-refractivity contribution in [3.8, 4) is 5.75 Å². The SMILES string of the molecule is CC(C)CC(CN)C(=O)c1ccc2c(c1)CCO2. The van der Waals surface area contributed by atoms with Crippen molar-refractivity contribution < 1.29 is 9.53 Å². The zero-order valence-electron chi connectivity index (χ0n) is 11.1. The minimum absolute atomic E-state index is 0.0645. The Morgan fingerprint density at radius 1 is 1.44 bits per heavy atom. The van der Waals surface area contributed by atoms with E-state index in [1.54, 1.807) is 0 Å². The van der Waals surface area contributed by atoms with E-state index in [9.17, 15) is 4.79 Å². The van der Waals surface area contributed by atoms with Crippen LogP contribution < -0.4 is 10.5 Å². The fraction of sp³-hybridized carbons (Fsp3) is 0.533.